The van der Waals surface area contributed by atoms with Crippen molar-refractivity contribution in [2.75, 3.05) is 32.7 Å². The Balaban J connectivity index is 2.41. The molecular weight excluding hydrogens is 300 g/mol. The molecule has 2 aromatic rings. The van der Waals surface area contributed by atoms with Gasteiger partial charge in [0.05, 0.1) is 30.2 Å². The molecule has 5 nitrogen and oxygen atoms in total. The lowest BCUT2D eigenvalue weighted by molar-refractivity contribution is 0.156. The molecule has 0 aliphatic heterocycles. The van der Waals surface area contributed by atoms with Crippen LogP contribution < -0.4 is 5.56 Å². The molecule has 0 fully saturated rings. The van der Waals surface area contributed by atoms with E-state index in [1.807, 2.05) is 38.1 Å². The van der Waals surface area contributed by atoms with Crippen LogP contribution in [0.3, 0.4) is 0 Å². The van der Waals surface area contributed by atoms with Gasteiger partial charge in [0.1, 0.15) is 0 Å². The second kappa shape index (κ2) is 8.31. The van der Waals surface area contributed by atoms with Gasteiger partial charge in [-0.1, -0.05) is 23.9 Å². The fraction of sp³-hybridized carbons (Fsp3) is 0.500. The molecule has 6 heteroatoms. The van der Waals surface area contributed by atoms with E-state index < -0.39 is 0 Å². The molecule has 1 heterocycles. The van der Waals surface area contributed by atoms with Crippen molar-refractivity contribution in [3.8, 4) is 0 Å². The lowest BCUT2D eigenvalue weighted by Gasteiger charge is -2.18. The molecule has 0 amide bonds. The smallest absolute Gasteiger partial charge is 0.262 e. The van der Waals surface area contributed by atoms with Gasteiger partial charge in [-0.25, -0.2) is 4.98 Å². The van der Waals surface area contributed by atoms with Crippen molar-refractivity contribution < 1.29 is 9.47 Å². The zero-order chi connectivity index (χ0) is 15.9. The minimum atomic E-state index is -0.0656. The molecular formula is C16H22N2O3S. The second-order valence-electron chi connectivity index (χ2n) is 4.94. The van der Waals surface area contributed by atoms with Gasteiger partial charge in [-0.2, -0.15) is 0 Å². The van der Waals surface area contributed by atoms with E-state index in [1.54, 1.807) is 23.4 Å². The normalized spacial score (nSPS) is 12.7. The monoisotopic (exact) mass is 322 g/mol. The Kier molecular flexibility index (Phi) is 6.42. The Morgan fingerprint density at radius 3 is 2.86 bits per heavy atom. The highest BCUT2D eigenvalue weighted by molar-refractivity contribution is 7.99. The van der Waals surface area contributed by atoms with E-state index in [9.17, 15) is 4.79 Å². The Labute approximate surface area is 134 Å². The van der Waals surface area contributed by atoms with Gasteiger partial charge in [0.15, 0.2) is 5.16 Å². The average Bonchev–Trinajstić information content (AvgIpc) is 2.52. The summed E-state index contributed by atoms with van der Waals surface area (Å²) in [6.45, 7) is 5.74. The molecule has 120 valence electrons. The first-order valence-electron chi connectivity index (χ1n) is 7.39. The zero-order valence-electron chi connectivity index (χ0n) is 13.2. The zero-order valence-corrected chi connectivity index (χ0v) is 14.1. The maximum atomic E-state index is 12.8. The number of benzene rings is 1. The maximum Gasteiger partial charge on any atom is 0.262 e. The molecule has 2 rings (SSSR count). The molecule has 0 aliphatic rings. The molecule has 0 N–H and O–H groups in total. The van der Waals surface area contributed by atoms with Crippen molar-refractivity contribution in [2.24, 2.45) is 0 Å². The highest BCUT2D eigenvalue weighted by Crippen LogP contribution is 2.21. The Morgan fingerprint density at radius 2 is 2.14 bits per heavy atom. The first-order chi connectivity index (χ1) is 10.7. The number of ether oxygens (including phenoxy) is 2. The third-order valence-electron chi connectivity index (χ3n) is 3.29. The van der Waals surface area contributed by atoms with Gasteiger partial charge in [0.25, 0.3) is 5.56 Å². The minimum Gasteiger partial charge on any atom is -0.383 e. The lowest BCUT2D eigenvalue weighted by atomic mass is 10.2. The minimum absolute atomic E-state index is 0.0194. The molecule has 1 atom stereocenters. The van der Waals surface area contributed by atoms with E-state index in [4.69, 9.17) is 9.47 Å². The van der Waals surface area contributed by atoms with Gasteiger partial charge < -0.3 is 9.47 Å². The number of aromatic nitrogens is 2. The summed E-state index contributed by atoms with van der Waals surface area (Å²) in [5.41, 5.74) is 0.710. The summed E-state index contributed by atoms with van der Waals surface area (Å²) in [5, 5.41) is 1.35. The summed E-state index contributed by atoms with van der Waals surface area (Å²) in [7, 11) is 1.64. The van der Waals surface area contributed by atoms with Crippen LogP contribution in [0.4, 0.5) is 0 Å². The molecule has 0 saturated heterocycles. The highest BCUT2D eigenvalue weighted by atomic mass is 32.2. The maximum absolute atomic E-state index is 12.8. The molecule has 0 bridgehead atoms. The van der Waals surface area contributed by atoms with E-state index in [0.717, 1.165) is 11.3 Å². The summed E-state index contributed by atoms with van der Waals surface area (Å²) >= 11 is 1.54. The van der Waals surface area contributed by atoms with E-state index in [0.29, 0.717) is 30.4 Å². The predicted molar refractivity (Wildman–Crippen MR) is 89.8 cm³/mol. The van der Waals surface area contributed by atoms with Gasteiger partial charge in [0, 0.05) is 19.5 Å². The van der Waals surface area contributed by atoms with Gasteiger partial charge in [-0.05, 0) is 26.0 Å². The van der Waals surface area contributed by atoms with Crippen LogP contribution in [0.1, 0.15) is 19.9 Å². The third kappa shape index (κ3) is 3.88. The fourth-order valence-corrected chi connectivity index (χ4v) is 3.22. The Bertz CT molecular complexity index is 672. The summed E-state index contributed by atoms with van der Waals surface area (Å²) < 4.78 is 12.3. The Morgan fingerprint density at radius 1 is 1.36 bits per heavy atom. The topological polar surface area (TPSA) is 53.3 Å². The number of hydrogen-bond donors (Lipinski definition) is 0. The van der Waals surface area contributed by atoms with Crippen LogP contribution in [0.5, 0.6) is 0 Å². The van der Waals surface area contributed by atoms with E-state index in [-0.39, 0.29) is 11.6 Å². The molecule has 0 spiro atoms. The lowest BCUT2D eigenvalue weighted by Crippen LogP contribution is -2.28. The number of thioether (sulfide) groups is 1. The molecule has 22 heavy (non-hydrogen) atoms. The number of fused-ring (bicyclic) bond motifs is 1. The molecule has 0 aliphatic carbocycles. The van der Waals surface area contributed by atoms with E-state index in [1.165, 1.54) is 0 Å². The first-order valence-corrected chi connectivity index (χ1v) is 8.38. The number of methoxy groups -OCH3 is 1. The fourth-order valence-electron chi connectivity index (χ4n) is 2.27. The summed E-state index contributed by atoms with van der Waals surface area (Å²) in [4.78, 5) is 17.4. The first kappa shape index (κ1) is 17.0. The van der Waals surface area contributed by atoms with Gasteiger partial charge in [-0.15, -0.1) is 0 Å². The summed E-state index contributed by atoms with van der Waals surface area (Å²) in [5.74, 6) is 0.762. The second-order valence-corrected chi connectivity index (χ2v) is 6.00. The van der Waals surface area contributed by atoms with Crippen molar-refractivity contribution in [1.29, 1.82) is 0 Å². The van der Waals surface area contributed by atoms with Crippen LogP contribution in [0.15, 0.2) is 34.2 Å². The molecule has 1 aromatic heterocycles. The number of hydrogen-bond acceptors (Lipinski definition) is 5. The van der Waals surface area contributed by atoms with Gasteiger partial charge in [-0.3, -0.25) is 9.36 Å². The van der Waals surface area contributed by atoms with Crippen LogP contribution in [0.25, 0.3) is 10.9 Å². The number of rotatable bonds is 8. The van der Waals surface area contributed by atoms with Gasteiger partial charge >= 0.3 is 0 Å². The average molecular weight is 322 g/mol. The third-order valence-corrected chi connectivity index (χ3v) is 4.20. The van der Waals surface area contributed by atoms with Gasteiger partial charge in [0.2, 0.25) is 0 Å². The highest BCUT2D eigenvalue weighted by Gasteiger charge is 2.16. The Hall–Kier alpha value is -1.37. The molecule has 0 saturated carbocycles. The standard InChI is InChI=1S/C16H22N2O3S/c1-4-21-9-10-22-16-17-14-8-6-5-7-13(14)15(19)18(16)12(2)11-20-3/h5-8,12H,4,9-11H2,1-3H3/t12-/m0/s1. The quantitative estimate of drug-likeness (QED) is 0.425. The van der Waals surface area contributed by atoms with Crippen LogP contribution in [-0.4, -0.2) is 42.2 Å². The van der Waals surface area contributed by atoms with Crippen molar-refractivity contribution >= 4 is 22.7 Å². The van der Waals surface area contributed by atoms with Crippen LogP contribution in [-0.2, 0) is 9.47 Å². The van der Waals surface area contributed by atoms with Crippen molar-refractivity contribution in [2.45, 2.75) is 25.0 Å². The van der Waals surface area contributed by atoms with Crippen LogP contribution in [0.2, 0.25) is 0 Å². The van der Waals surface area contributed by atoms with Crippen molar-refractivity contribution in [1.82, 2.24) is 9.55 Å². The summed E-state index contributed by atoms with van der Waals surface area (Å²) in [6, 6.07) is 7.37. The van der Waals surface area contributed by atoms with E-state index >= 15 is 0 Å². The largest absolute Gasteiger partial charge is 0.383 e. The molecule has 0 unspecified atom stereocenters. The molecule has 1 aromatic carbocycles. The number of nitrogens with zero attached hydrogens (tertiary/aromatic N) is 2. The summed E-state index contributed by atoms with van der Waals surface area (Å²) in [6.07, 6.45) is 0. The van der Waals surface area contributed by atoms with Crippen LogP contribution >= 0.6 is 11.8 Å². The van der Waals surface area contributed by atoms with E-state index in [2.05, 4.69) is 4.98 Å². The molecule has 0 radical (unpaired) electrons. The SMILES string of the molecule is CCOCCSc1nc2ccccc2c(=O)n1[C@@H](C)COC. The van der Waals surface area contributed by atoms with Crippen molar-refractivity contribution in [3.05, 3.63) is 34.6 Å². The predicted octanol–water partition coefficient (Wildman–Crippen LogP) is 2.73. The number of para-hydroxylation sites is 1. The van der Waals surface area contributed by atoms with Crippen molar-refractivity contribution in [3.63, 3.8) is 0 Å². The van der Waals surface area contributed by atoms with Crippen LogP contribution in [0, 0.1) is 0 Å².